The second kappa shape index (κ2) is 7.15. The van der Waals surface area contributed by atoms with Gasteiger partial charge in [0.1, 0.15) is 5.50 Å². The van der Waals surface area contributed by atoms with E-state index in [2.05, 4.69) is 21.4 Å². The molecule has 0 aromatic carbocycles. The molecule has 1 aromatic heterocycles. The van der Waals surface area contributed by atoms with Gasteiger partial charge in [-0.15, -0.1) is 0 Å². The molecule has 0 spiro atoms. The van der Waals surface area contributed by atoms with E-state index in [1.54, 1.807) is 6.20 Å². The monoisotopic (exact) mass is 331 g/mol. The zero-order chi connectivity index (χ0) is 16.2. The fourth-order valence-corrected chi connectivity index (χ4v) is 3.00. The molecule has 2 aliphatic heterocycles. The molecule has 6 heteroatoms. The van der Waals surface area contributed by atoms with Gasteiger partial charge >= 0.3 is 0 Å². The number of rotatable bonds is 3. The summed E-state index contributed by atoms with van der Waals surface area (Å²) in [5.74, 6) is 0. The van der Waals surface area contributed by atoms with Gasteiger partial charge in [-0.1, -0.05) is 11.6 Å². The smallest absolute Gasteiger partial charge is 0.123 e. The van der Waals surface area contributed by atoms with Crippen LogP contribution in [-0.4, -0.2) is 42.9 Å². The summed E-state index contributed by atoms with van der Waals surface area (Å²) in [7, 11) is 1.96. The highest BCUT2D eigenvalue weighted by Gasteiger charge is 2.19. The Hall–Kier alpha value is -1.85. The third kappa shape index (κ3) is 3.57. The molecule has 1 fully saturated rings. The van der Waals surface area contributed by atoms with Crippen LogP contribution >= 0.6 is 11.6 Å². The second-order valence-corrected chi connectivity index (χ2v) is 6.30. The molecule has 1 unspecified atom stereocenters. The van der Waals surface area contributed by atoms with Crippen LogP contribution in [0.3, 0.4) is 0 Å². The fourth-order valence-electron chi connectivity index (χ4n) is 2.82. The molecule has 3 heterocycles. The molecule has 0 bridgehead atoms. The zero-order valence-electron chi connectivity index (χ0n) is 13.2. The first-order valence-electron chi connectivity index (χ1n) is 7.90. The number of nitrogens with zero attached hydrogens (tertiary/aromatic N) is 3. The van der Waals surface area contributed by atoms with Crippen LogP contribution in [0.25, 0.3) is 11.6 Å². The van der Waals surface area contributed by atoms with Crippen LogP contribution in [0.2, 0.25) is 0 Å². The summed E-state index contributed by atoms with van der Waals surface area (Å²) in [6.07, 6.45) is 11.3. The highest BCUT2D eigenvalue weighted by atomic mass is 35.5. The van der Waals surface area contributed by atoms with Gasteiger partial charge in [0, 0.05) is 36.8 Å². The van der Waals surface area contributed by atoms with Crippen molar-refractivity contribution in [2.75, 3.05) is 25.0 Å². The van der Waals surface area contributed by atoms with E-state index in [1.807, 2.05) is 36.5 Å². The molecule has 0 radical (unpaired) electrons. The summed E-state index contributed by atoms with van der Waals surface area (Å²) >= 11 is 6.26. The van der Waals surface area contributed by atoms with Crippen LogP contribution in [0.5, 0.6) is 0 Å². The maximum atomic E-state index is 6.26. The standard InChI is InChI=1S/C17H22ClN5/c1-23-16-8-12(10-22-15(16)2-3-17(23)18)13(9-19)11-21-14-4-6-20-7-5-14/h2-3,8-11,14,17,20H,4-7,19H2,1H3. The number of piperidine rings is 1. The molecule has 23 heavy (non-hydrogen) atoms. The van der Waals surface area contributed by atoms with E-state index < -0.39 is 0 Å². The molecule has 5 nitrogen and oxygen atoms in total. The minimum atomic E-state index is -0.159. The van der Waals surface area contributed by atoms with E-state index >= 15 is 0 Å². The molecular formula is C17H22ClN5. The number of pyridine rings is 1. The molecule has 122 valence electrons. The predicted octanol–water partition coefficient (Wildman–Crippen LogP) is 2.23. The Kier molecular flexibility index (Phi) is 4.98. The summed E-state index contributed by atoms with van der Waals surface area (Å²) in [5.41, 5.74) is 9.40. The molecule has 1 aromatic rings. The lowest BCUT2D eigenvalue weighted by molar-refractivity contribution is 0.461. The number of halogens is 1. The molecule has 3 rings (SSSR count). The number of allylic oxidation sites excluding steroid dienone is 1. The molecule has 0 aliphatic carbocycles. The topological polar surface area (TPSA) is 66.5 Å². The Morgan fingerprint density at radius 3 is 3.00 bits per heavy atom. The third-order valence-corrected chi connectivity index (χ3v) is 4.74. The lowest BCUT2D eigenvalue weighted by atomic mass is 10.1. The van der Waals surface area contributed by atoms with E-state index in [0.717, 1.165) is 48.4 Å². The third-order valence-electron chi connectivity index (χ3n) is 4.31. The lowest BCUT2D eigenvalue weighted by Gasteiger charge is -2.28. The Morgan fingerprint density at radius 2 is 2.26 bits per heavy atom. The molecule has 0 amide bonds. The minimum Gasteiger partial charge on any atom is -0.404 e. The summed E-state index contributed by atoms with van der Waals surface area (Å²) < 4.78 is 0. The van der Waals surface area contributed by atoms with Gasteiger partial charge in [-0.3, -0.25) is 9.98 Å². The zero-order valence-corrected chi connectivity index (χ0v) is 14.0. The Morgan fingerprint density at radius 1 is 1.48 bits per heavy atom. The number of alkyl halides is 1. The SMILES string of the molecule is CN1c2cc(C(C=NC3CCNCC3)=CN)cnc2C=CC1Cl. The average molecular weight is 332 g/mol. The van der Waals surface area contributed by atoms with Crippen molar-refractivity contribution < 1.29 is 0 Å². The first-order chi connectivity index (χ1) is 11.2. The van der Waals surface area contributed by atoms with Crippen molar-refractivity contribution in [3.63, 3.8) is 0 Å². The van der Waals surface area contributed by atoms with E-state index in [9.17, 15) is 0 Å². The van der Waals surface area contributed by atoms with Crippen molar-refractivity contribution >= 4 is 35.2 Å². The minimum absolute atomic E-state index is 0.159. The summed E-state index contributed by atoms with van der Waals surface area (Å²) in [5, 5.41) is 3.34. The summed E-state index contributed by atoms with van der Waals surface area (Å²) in [6.45, 7) is 2.05. The van der Waals surface area contributed by atoms with E-state index in [0.29, 0.717) is 6.04 Å². The number of hydrogen-bond acceptors (Lipinski definition) is 5. The maximum absolute atomic E-state index is 6.26. The Balaban J connectivity index is 1.82. The maximum Gasteiger partial charge on any atom is 0.123 e. The number of nitrogens with one attached hydrogen (secondary N) is 1. The fraction of sp³-hybridized carbons (Fsp3) is 0.412. The van der Waals surface area contributed by atoms with Crippen molar-refractivity contribution in [2.24, 2.45) is 10.7 Å². The van der Waals surface area contributed by atoms with Gasteiger partial charge in [-0.2, -0.15) is 0 Å². The highest BCUT2D eigenvalue weighted by Crippen LogP contribution is 2.30. The van der Waals surface area contributed by atoms with E-state index in [1.165, 1.54) is 0 Å². The molecule has 1 saturated heterocycles. The van der Waals surface area contributed by atoms with E-state index in [4.69, 9.17) is 17.3 Å². The molecule has 1 atom stereocenters. The number of likely N-dealkylation sites (N-methyl/N-ethyl adjacent to an activating group) is 1. The van der Waals surface area contributed by atoms with Gasteiger partial charge in [0.05, 0.1) is 17.4 Å². The van der Waals surface area contributed by atoms with Crippen molar-refractivity contribution in [1.82, 2.24) is 10.3 Å². The number of fused-ring (bicyclic) bond motifs is 1. The van der Waals surface area contributed by atoms with Crippen LogP contribution in [0.4, 0.5) is 5.69 Å². The van der Waals surface area contributed by atoms with Crippen molar-refractivity contribution in [2.45, 2.75) is 24.4 Å². The first-order valence-corrected chi connectivity index (χ1v) is 8.34. The summed E-state index contributed by atoms with van der Waals surface area (Å²) in [6, 6.07) is 2.43. The number of aliphatic imine (C=N–C) groups is 1. The van der Waals surface area contributed by atoms with Gasteiger partial charge in [0.2, 0.25) is 0 Å². The lowest BCUT2D eigenvalue weighted by Crippen LogP contribution is -2.29. The van der Waals surface area contributed by atoms with Gasteiger partial charge in [-0.05, 0) is 44.1 Å². The van der Waals surface area contributed by atoms with Gasteiger partial charge < -0.3 is 16.0 Å². The first kappa shape index (κ1) is 16.0. The van der Waals surface area contributed by atoms with E-state index in [-0.39, 0.29) is 5.50 Å². The predicted molar refractivity (Wildman–Crippen MR) is 97.9 cm³/mol. The highest BCUT2D eigenvalue weighted by molar-refractivity contribution is 6.23. The number of nitrogens with two attached hydrogens (primary N) is 1. The molecule has 3 N–H and O–H groups in total. The van der Waals surface area contributed by atoms with Gasteiger partial charge in [0.15, 0.2) is 0 Å². The Labute approximate surface area is 141 Å². The van der Waals surface area contributed by atoms with Crippen LogP contribution in [0.1, 0.15) is 24.1 Å². The summed E-state index contributed by atoms with van der Waals surface area (Å²) in [4.78, 5) is 11.2. The second-order valence-electron chi connectivity index (χ2n) is 5.85. The number of aromatic nitrogens is 1. The van der Waals surface area contributed by atoms with Crippen LogP contribution in [-0.2, 0) is 0 Å². The average Bonchev–Trinajstić information content (AvgIpc) is 2.60. The number of hydrogen-bond donors (Lipinski definition) is 2. The Bertz CT molecular complexity index is 646. The van der Waals surface area contributed by atoms with Crippen molar-refractivity contribution in [3.8, 4) is 0 Å². The largest absolute Gasteiger partial charge is 0.404 e. The molecular weight excluding hydrogens is 310 g/mol. The van der Waals surface area contributed by atoms with Crippen LogP contribution in [0.15, 0.2) is 29.5 Å². The quantitative estimate of drug-likeness (QED) is 0.506. The van der Waals surface area contributed by atoms with Crippen molar-refractivity contribution in [3.05, 3.63) is 35.8 Å². The van der Waals surface area contributed by atoms with Gasteiger partial charge in [0.25, 0.3) is 0 Å². The molecule has 2 aliphatic rings. The normalized spacial score (nSPS) is 22.6. The van der Waals surface area contributed by atoms with Crippen LogP contribution < -0.4 is 16.0 Å². The van der Waals surface area contributed by atoms with Crippen molar-refractivity contribution in [1.29, 1.82) is 0 Å². The molecule has 0 saturated carbocycles. The van der Waals surface area contributed by atoms with Crippen LogP contribution in [0, 0.1) is 0 Å². The number of anilines is 1. The van der Waals surface area contributed by atoms with Gasteiger partial charge in [-0.25, -0.2) is 0 Å².